The van der Waals surface area contributed by atoms with E-state index >= 15 is 0 Å². The molecule has 88 valence electrons. The van der Waals surface area contributed by atoms with Gasteiger partial charge < -0.3 is 5.32 Å². The number of nitrogens with one attached hydrogen (secondary N) is 1. The molecule has 0 saturated heterocycles. The summed E-state index contributed by atoms with van der Waals surface area (Å²) >= 11 is 1.71. The van der Waals surface area contributed by atoms with Crippen LogP contribution in [0.5, 0.6) is 0 Å². The molecule has 0 fully saturated rings. The standard InChI is InChI=1S/C13H19NOS/c1-3-4-9-14-13(15)10-11-5-7-12(16-2)8-6-11/h5-8H,3-4,9-10H2,1-2H3,(H,14,15). The number of benzene rings is 1. The maximum absolute atomic E-state index is 11.5. The zero-order chi connectivity index (χ0) is 11.8. The number of hydrogen-bond acceptors (Lipinski definition) is 2. The van der Waals surface area contributed by atoms with Crippen molar-refractivity contribution in [2.45, 2.75) is 31.1 Å². The van der Waals surface area contributed by atoms with Crippen LogP contribution in [0.25, 0.3) is 0 Å². The van der Waals surface area contributed by atoms with E-state index in [0.717, 1.165) is 24.9 Å². The van der Waals surface area contributed by atoms with E-state index in [1.54, 1.807) is 11.8 Å². The Kier molecular flexibility index (Phi) is 6.01. The monoisotopic (exact) mass is 237 g/mol. The molecular formula is C13H19NOS. The zero-order valence-electron chi connectivity index (χ0n) is 9.95. The molecule has 0 aliphatic carbocycles. The van der Waals surface area contributed by atoms with Crippen molar-refractivity contribution in [1.82, 2.24) is 5.32 Å². The Hall–Kier alpha value is -0.960. The third-order valence-electron chi connectivity index (χ3n) is 2.38. The van der Waals surface area contributed by atoms with E-state index in [-0.39, 0.29) is 5.91 Å². The highest BCUT2D eigenvalue weighted by Gasteiger charge is 2.02. The lowest BCUT2D eigenvalue weighted by Gasteiger charge is -2.04. The highest BCUT2D eigenvalue weighted by atomic mass is 32.2. The van der Waals surface area contributed by atoms with Gasteiger partial charge >= 0.3 is 0 Å². The summed E-state index contributed by atoms with van der Waals surface area (Å²) in [7, 11) is 0. The van der Waals surface area contributed by atoms with Gasteiger partial charge in [0.05, 0.1) is 6.42 Å². The van der Waals surface area contributed by atoms with Crippen LogP contribution in [0.1, 0.15) is 25.3 Å². The van der Waals surface area contributed by atoms with E-state index in [2.05, 4.69) is 24.4 Å². The van der Waals surface area contributed by atoms with Crippen LogP contribution in [0.2, 0.25) is 0 Å². The molecule has 0 aromatic heterocycles. The molecule has 0 aliphatic rings. The predicted molar refractivity (Wildman–Crippen MR) is 69.8 cm³/mol. The fourth-order valence-electron chi connectivity index (χ4n) is 1.40. The van der Waals surface area contributed by atoms with Crippen molar-refractivity contribution in [3.05, 3.63) is 29.8 Å². The molecule has 1 amide bonds. The number of amides is 1. The normalized spacial score (nSPS) is 10.1. The van der Waals surface area contributed by atoms with Gasteiger partial charge in [-0.25, -0.2) is 0 Å². The van der Waals surface area contributed by atoms with Gasteiger partial charge in [-0.1, -0.05) is 25.5 Å². The van der Waals surface area contributed by atoms with Crippen LogP contribution in [0.3, 0.4) is 0 Å². The Morgan fingerprint density at radius 1 is 1.31 bits per heavy atom. The highest BCUT2D eigenvalue weighted by Crippen LogP contribution is 2.14. The van der Waals surface area contributed by atoms with Crippen molar-refractivity contribution in [2.75, 3.05) is 12.8 Å². The van der Waals surface area contributed by atoms with Crippen LogP contribution in [0.15, 0.2) is 29.2 Å². The van der Waals surface area contributed by atoms with Crippen molar-refractivity contribution in [3.63, 3.8) is 0 Å². The molecule has 16 heavy (non-hydrogen) atoms. The van der Waals surface area contributed by atoms with Crippen LogP contribution in [-0.2, 0) is 11.2 Å². The SMILES string of the molecule is CCCCNC(=O)Cc1ccc(SC)cc1. The van der Waals surface area contributed by atoms with Crippen LogP contribution in [-0.4, -0.2) is 18.7 Å². The van der Waals surface area contributed by atoms with Gasteiger partial charge in [-0.3, -0.25) is 4.79 Å². The lowest BCUT2D eigenvalue weighted by Crippen LogP contribution is -2.25. The van der Waals surface area contributed by atoms with Crippen molar-refractivity contribution < 1.29 is 4.79 Å². The molecule has 0 saturated carbocycles. The summed E-state index contributed by atoms with van der Waals surface area (Å²) in [6.45, 7) is 2.91. The number of hydrogen-bond donors (Lipinski definition) is 1. The summed E-state index contributed by atoms with van der Waals surface area (Å²) in [6, 6.07) is 8.15. The molecule has 1 N–H and O–H groups in total. The number of rotatable bonds is 6. The van der Waals surface area contributed by atoms with Gasteiger partial charge in [0.15, 0.2) is 0 Å². The van der Waals surface area contributed by atoms with Crippen LogP contribution >= 0.6 is 11.8 Å². The second kappa shape index (κ2) is 7.34. The van der Waals surface area contributed by atoms with E-state index in [1.807, 2.05) is 18.4 Å². The van der Waals surface area contributed by atoms with E-state index in [9.17, 15) is 4.79 Å². The average Bonchev–Trinajstić information content (AvgIpc) is 2.30. The van der Waals surface area contributed by atoms with Gasteiger partial charge in [0.25, 0.3) is 0 Å². The van der Waals surface area contributed by atoms with E-state index in [0.29, 0.717) is 6.42 Å². The second-order valence-electron chi connectivity index (χ2n) is 3.73. The zero-order valence-corrected chi connectivity index (χ0v) is 10.8. The molecule has 1 rings (SSSR count). The smallest absolute Gasteiger partial charge is 0.224 e. The summed E-state index contributed by atoms with van der Waals surface area (Å²) in [5.41, 5.74) is 1.08. The van der Waals surface area contributed by atoms with Crippen molar-refractivity contribution in [1.29, 1.82) is 0 Å². The fraction of sp³-hybridized carbons (Fsp3) is 0.462. The van der Waals surface area contributed by atoms with Gasteiger partial charge in [0.2, 0.25) is 5.91 Å². The quantitative estimate of drug-likeness (QED) is 0.609. The summed E-state index contributed by atoms with van der Waals surface area (Å²) < 4.78 is 0. The van der Waals surface area contributed by atoms with Gasteiger partial charge in [0, 0.05) is 11.4 Å². The third kappa shape index (κ3) is 4.71. The molecule has 0 spiro atoms. The van der Waals surface area contributed by atoms with Gasteiger partial charge in [-0.05, 0) is 30.4 Å². The molecule has 0 bridgehead atoms. The van der Waals surface area contributed by atoms with E-state index < -0.39 is 0 Å². The van der Waals surface area contributed by atoms with Gasteiger partial charge in [-0.2, -0.15) is 0 Å². The molecule has 0 atom stereocenters. The van der Waals surface area contributed by atoms with Gasteiger partial charge in [0.1, 0.15) is 0 Å². The molecule has 1 aromatic rings. The fourth-order valence-corrected chi connectivity index (χ4v) is 1.80. The summed E-state index contributed by atoms with van der Waals surface area (Å²) in [5, 5.41) is 2.92. The Labute approximate surface area is 102 Å². The highest BCUT2D eigenvalue weighted by molar-refractivity contribution is 7.98. The number of unbranched alkanes of at least 4 members (excludes halogenated alkanes) is 1. The van der Waals surface area contributed by atoms with Crippen molar-refractivity contribution in [2.24, 2.45) is 0 Å². The minimum Gasteiger partial charge on any atom is -0.356 e. The number of carbonyl (C=O) groups excluding carboxylic acids is 1. The lowest BCUT2D eigenvalue weighted by molar-refractivity contribution is -0.120. The first-order chi connectivity index (χ1) is 7.76. The Morgan fingerprint density at radius 2 is 2.00 bits per heavy atom. The Balaban J connectivity index is 2.37. The Morgan fingerprint density at radius 3 is 2.56 bits per heavy atom. The van der Waals surface area contributed by atoms with Crippen LogP contribution in [0, 0.1) is 0 Å². The van der Waals surface area contributed by atoms with Crippen molar-refractivity contribution in [3.8, 4) is 0 Å². The number of thioether (sulfide) groups is 1. The predicted octanol–water partition coefficient (Wildman–Crippen LogP) is 2.87. The first kappa shape index (κ1) is 13.1. The Bertz CT molecular complexity index is 321. The van der Waals surface area contributed by atoms with Crippen LogP contribution < -0.4 is 5.32 Å². The van der Waals surface area contributed by atoms with E-state index in [1.165, 1.54) is 4.90 Å². The maximum Gasteiger partial charge on any atom is 0.224 e. The topological polar surface area (TPSA) is 29.1 Å². The summed E-state index contributed by atoms with van der Waals surface area (Å²) in [6.07, 6.45) is 4.70. The average molecular weight is 237 g/mol. The summed E-state index contributed by atoms with van der Waals surface area (Å²) in [5.74, 6) is 0.116. The first-order valence-corrected chi connectivity index (χ1v) is 6.88. The molecule has 0 aliphatic heterocycles. The lowest BCUT2D eigenvalue weighted by atomic mass is 10.1. The molecule has 3 heteroatoms. The molecule has 0 radical (unpaired) electrons. The minimum atomic E-state index is 0.116. The minimum absolute atomic E-state index is 0.116. The molecular weight excluding hydrogens is 218 g/mol. The summed E-state index contributed by atoms with van der Waals surface area (Å²) in [4.78, 5) is 12.8. The molecule has 2 nitrogen and oxygen atoms in total. The van der Waals surface area contributed by atoms with Crippen molar-refractivity contribution >= 4 is 17.7 Å². The maximum atomic E-state index is 11.5. The number of carbonyl (C=O) groups is 1. The van der Waals surface area contributed by atoms with Gasteiger partial charge in [-0.15, -0.1) is 11.8 Å². The first-order valence-electron chi connectivity index (χ1n) is 5.66. The second-order valence-corrected chi connectivity index (χ2v) is 4.61. The third-order valence-corrected chi connectivity index (χ3v) is 3.12. The molecule has 0 unspecified atom stereocenters. The largest absolute Gasteiger partial charge is 0.356 e. The molecule has 0 heterocycles. The van der Waals surface area contributed by atoms with E-state index in [4.69, 9.17) is 0 Å². The van der Waals surface area contributed by atoms with Crippen LogP contribution in [0.4, 0.5) is 0 Å². The molecule has 1 aromatic carbocycles.